The van der Waals surface area contributed by atoms with Gasteiger partial charge in [0.15, 0.2) is 34.5 Å². The molecule has 11 aromatic rings. The second-order valence-electron chi connectivity index (χ2n) is 23.3. The molecule has 0 atom stereocenters. The second-order valence-corrected chi connectivity index (χ2v) is 25.6. The molecule has 4 N–H and O–H groups in total. The maximum absolute atomic E-state index is 13.9. The highest BCUT2D eigenvalue weighted by atomic mass is 127. The van der Waals surface area contributed by atoms with Gasteiger partial charge in [-0.1, -0.05) is 188 Å². The molecule has 532 valence electrons. The van der Waals surface area contributed by atoms with E-state index in [1.807, 2.05) is 173 Å². The number of benzene rings is 11. The highest BCUT2D eigenvalue weighted by Gasteiger charge is 2.32. The number of hydrogen-bond donors (Lipinski definition) is 4. The number of carbonyl (C=O) groups is 3. The number of fused-ring (bicyclic) bond motifs is 3. The highest BCUT2D eigenvalue weighted by Crippen LogP contribution is 2.37. The molecule has 3 aliphatic rings. The second kappa shape index (κ2) is 36.7. The zero-order chi connectivity index (χ0) is 73.6. The number of alkyl halides is 6. The van der Waals surface area contributed by atoms with Crippen molar-refractivity contribution in [2.24, 2.45) is 0 Å². The molecule has 0 radical (unpaired) electrons. The molecule has 0 aromatic heterocycles. The topological polar surface area (TPSA) is 186 Å². The van der Waals surface area contributed by atoms with Gasteiger partial charge in [-0.2, -0.15) is 26.3 Å². The number of hydrogen-bond acceptors (Lipinski definition) is 12. The Labute approximate surface area is 623 Å². The van der Waals surface area contributed by atoms with Crippen molar-refractivity contribution in [3.05, 3.63) is 335 Å². The lowest BCUT2D eigenvalue weighted by atomic mass is 9.80. The quantitative estimate of drug-likeness (QED) is 0.0384. The number of ether oxygens (including phenoxy) is 6. The summed E-state index contributed by atoms with van der Waals surface area (Å²) < 4.78 is 109. The summed E-state index contributed by atoms with van der Waals surface area (Å²) in [5, 5.41) is 29.2. The maximum atomic E-state index is 13.9. The van der Waals surface area contributed by atoms with E-state index >= 15 is 0 Å². The molecule has 0 aliphatic carbocycles. The highest BCUT2D eigenvalue weighted by molar-refractivity contribution is 14.1. The van der Waals surface area contributed by atoms with Crippen LogP contribution in [0.25, 0.3) is 11.1 Å². The molecule has 0 spiro atoms. The molecule has 0 fully saturated rings. The first-order chi connectivity index (χ1) is 50.1. The Balaban J connectivity index is 0.000000150. The van der Waals surface area contributed by atoms with Crippen molar-refractivity contribution in [2.75, 3.05) is 20.4 Å². The summed E-state index contributed by atoms with van der Waals surface area (Å²) in [5.41, 5.74) is 7.52. The third kappa shape index (κ3) is 21.8. The van der Waals surface area contributed by atoms with Crippen LogP contribution in [-0.2, 0) is 51.6 Å². The standard InChI is InChI=1S/C29H22F3NO3.C22H18INO3.C15H15NO2.C7H6BF3O2.C7H5IO2/c30-29(31,32)23-13-11-22(12-14-23)24-8-4-5-9-25(24)28(34)33(17-20-6-2-1-3-7-20)18-21-10-15-26-27(16-21)36-19-35-26;23-19-9-5-4-8-18(19)22(25)24(13-16-6-2-1-3-7-16)14-17-10-11-20-21(12-17)27-15-26-20;1-2-4-12(5-3-1)9-16-10-13-6-7-14-15(8-13)18-11-17-14;9-7(10,11)5-1-3-6(4-2-5)8(12)13;8-6-4-2-1-3-5(6)7(9)10/h1-16H,17-19H2;1-12H,13-15H2;1-8,16H,9-11H2;1-4,12-13H;1-4H,(H,9,10). The molecule has 11 aromatic carbocycles. The first-order valence-electron chi connectivity index (χ1n) is 32.2. The van der Waals surface area contributed by atoms with Gasteiger partial charge in [-0.3, -0.25) is 9.59 Å². The molecule has 104 heavy (non-hydrogen) atoms. The van der Waals surface area contributed by atoms with E-state index in [1.54, 1.807) is 47.4 Å². The third-order valence-electron chi connectivity index (χ3n) is 16.0. The molecular formula is C80H66BF6I2N3O12. The average molecular weight is 1640 g/mol. The Morgan fingerprint density at radius 3 is 1.15 bits per heavy atom. The summed E-state index contributed by atoms with van der Waals surface area (Å²) in [6.45, 7) is 4.13. The normalized spacial score (nSPS) is 11.9. The van der Waals surface area contributed by atoms with Crippen LogP contribution >= 0.6 is 45.2 Å². The Bertz CT molecular complexity index is 4660. The van der Waals surface area contributed by atoms with Crippen LogP contribution in [0.5, 0.6) is 34.5 Å². The van der Waals surface area contributed by atoms with E-state index < -0.39 is 36.6 Å². The maximum Gasteiger partial charge on any atom is 0.488 e. The smallest absolute Gasteiger partial charge is 0.478 e. The van der Waals surface area contributed by atoms with E-state index in [0.717, 1.165) is 107 Å². The fraction of sp³-hybridized carbons (Fsp3) is 0.138. The Hall–Kier alpha value is -10.4. The average Bonchev–Trinajstić information content (AvgIpc) is 0.810. The predicted octanol–water partition coefficient (Wildman–Crippen LogP) is 16.9. The van der Waals surface area contributed by atoms with Crippen molar-refractivity contribution in [3.8, 4) is 45.6 Å². The summed E-state index contributed by atoms with van der Waals surface area (Å²) in [6, 6.07) is 77.5. The number of rotatable bonds is 17. The van der Waals surface area contributed by atoms with Gasteiger partial charge in [0.05, 0.1) is 22.3 Å². The molecule has 15 nitrogen and oxygen atoms in total. The van der Waals surface area contributed by atoms with Gasteiger partial charge in [-0.25, -0.2) is 4.79 Å². The van der Waals surface area contributed by atoms with Gasteiger partial charge in [-0.15, -0.1) is 0 Å². The Morgan fingerprint density at radius 2 is 0.731 bits per heavy atom. The van der Waals surface area contributed by atoms with Crippen LogP contribution in [0.2, 0.25) is 0 Å². The van der Waals surface area contributed by atoms with Gasteiger partial charge in [0.25, 0.3) is 11.8 Å². The summed E-state index contributed by atoms with van der Waals surface area (Å²) in [6.07, 6.45) is -8.82. The minimum atomic E-state index is -4.43. The molecule has 14 rings (SSSR count). The molecule has 3 heterocycles. The summed E-state index contributed by atoms with van der Waals surface area (Å²) >= 11 is 4.21. The summed E-state index contributed by atoms with van der Waals surface area (Å²) in [5.74, 6) is 3.36. The van der Waals surface area contributed by atoms with Crippen LogP contribution in [0, 0.1) is 7.14 Å². The Morgan fingerprint density at radius 1 is 0.385 bits per heavy atom. The van der Waals surface area contributed by atoms with E-state index in [0.29, 0.717) is 66.7 Å². The summed E-state index contributed by atoms with van der Waals surface area (Å²) in [4.78, 5) is 41.2. The number of halogens is 8. The number of carboxylic acid groups (broad SMARTS) is 1. The van der Waals surface area contributed by atoms with Crippen molar-refractivity contribution in [2.45, 2.75) is 51.6 Å². The fourth-order valence-corrected chi connectivity index (χ4v) is 12.0. The van der Waals surface area contributed by atoms with Crippen LogP contribution in [0.15, 0.2) is 267 Å². The largest absolute Gasteiger partial charge is 0.488 e. The molecule has 0 unspecified atom stereocenters. The van der Waals surface area contributed by atoms with Crippen LogP contribution in [0.1, 0.15) is 75.6 Å². The monoisotopic (exact) mass is 1640 g/mol. The molecule has 0 bridgehead atoms. The predicted molar refractivity (Wildman–Crippen MR) is 398 cm³/mol. The van der Waals surface area contributed by atoms with Crippen molar-refractivity contribution in [1.82, 2.24) is 15.1 Å². The van der Waals surface area contributed by atoms with Crippen molar-refractivity contribution in [3.63, 3.8) is 0 Å². The lowest BCUT2D eigenvalue weighted by Gasteiger charge is -2.25. The minimum Gasteiger partial charge on any atom is -0.478 e. The molecule has 3 aliphatic heterocycles. The number of carbonyl (C=O) groups excluding carboxylic acids is 2. The van der Waals surface area contributed by atoms with E-state index in [-0.39, 0.29) is 30.9 Å². The van der Waals surface area contributed by atoms with Gasteiger partial charge in [0, 0.05) is 52.0 Å². The first-order valence-corrected chi connectivity index (χ1v) is 34.4. The number of nitrogens with one attached hydrogen (secondary N) is 1. The first kappa shape index (κ1) is 76.3. The molecule has 0 saturated carbocycles. The minimum absolute atomic E-state index is 0.0153. The Kier molecular flexibility index (Phi) is 26.9. The summed E-state index contributed by atoms with van der Waals surface area (Å²) in [7, 11) is -1.73. The number of amides is 2. The lowest BCUT2D eigenvalue weighted by molar-refractivity contribution is -0.138. The number of carboxylic acids is 1. The fourth-order valence-electron chi connectivity index (χ4n) is 10.7. The molecule has 0 saturated heterocycles. The van der Waals surface area contributed by atoms with Crippen LogP contribution in [0.4, 0.5) is 26.3 Å². The van der Waals surface area contributed by atoms with Gasteiger partial charge < -0.3 is 58.7 Å². The third-order valence-corrected chi connectivity index (χ3v) is 17.9. The van der Waals surface area contributed by atoms with E-state index in [2.05, 4.69) is 58.2 Å². The SMILES string of the molecule is O=C(O)c1ccccc1I.O=C(c1ccccc1-c1ccc(C(F)(F)F)cc1)N(Cc1ccccc1)Cc1ccc2c(c1)OCO2.O=C(c1ccccc1I)N(Cc1ccccc1)Cc1ccc2c(c1)OCO2.OB(O)c1ccc(C(F)(F)F)cc1.c1ccc(CNCc2ccc3c(c2)OCO3)cc1. The zero-order valence-electron chi connectivity index (χ0n) is 55.3. The van der Waals surface area contributed by atoms with Crippen molar-refractivity contribution >= 4 is 75.5 Å². The van der Waals surface area contributed by atoms with E-state index in [9.17, 15) is 40.7 Å². The molecule has 24 heteroatoms. The zero-order valence-corrected chi connectivity index (χ0v) is 59.6. The van der Waals surface area contributed by atoms with Gasteiger partial charge >= 0.3 is 25.4 Å². The number of nitrogens with zero attached hydrogens (tertiary/aromatic N) is 2. The van der Waals surface area contributed by atoms with E-state index in [4.69, 9.17) is 43.6 Å². The van der Waals surface area contributed by atoms with Gasteiger partial charge in [0.1, 0.15) is 0 Å². The van der Waals surface area contributed by atoms with Crippen LogP contribution in [0.3, 0.4) is 0 Å². The number of aromatic carboxylic acids is 1. The van der Waals surface area contributed by atoms with Gasteiger partial charge in [-0.05, 0) is 174 Å². The van der Waals surface area contributed by atoms with Crippen LogP contribution in [-0.4, -0.2) is 70.2 Å². The molecule has 2 amide bonds. The van der Waals surface area contributed by atoms with Crippen molar-refractivity contribution in [1.29, 1.82) is 0 Å². The van der Waals surface area contributed by atoms with Gasteiger partial charge in [0.2, 0.25) is 20.4 Å². The lowest BCUT2D eigenvalue weighted by Crippen LogP contribution is -2.30. The molecular weight excluding hydrogens is 1570 g/mol. The van der Waals surface area contributed by atoms with E-state index in [1.165, 1.54) is 23.3 Å². The van der Waals surface area contributed by atoms with Crippen molar-refractivity contribution < 1.29 is 84.3 Å². The van der Waals surface area contributed by atoms with Crippen LogP contribution < -0.4 is 39.2 Å².